The molecule has 0 amide bonds. The Morgan fingerprint density at radius 1 is 1.10 bits per heavy atom. The molecule has 2 atom stereocenters. The minimum atomic E-state index is -1.07. The number of hydrogen-bond acceptors (Lipinski definition) is 5. The fourth-order valence-corrected chi connectivity index (χ4v) is 2.51. The monoisotopic (exact) mass is 318 g/mol. The van der Waals surface area contributed by atoms with Crippen LogP contribution < -0.4 is 11.5 Å². The van der Waals surface area contributed by atoms with Crippen molar-refractivity contribution >= 4 is 23.7 Å². The van der Waals surface area contributed by atoms with Crippen LogP contribution in [-0.4, -0.2) is 50.2 Å². The number of rotatable bonds is 7. The molecule has 1 aromatic rings. The van der Waals surface area contributed by atoms with Crippen LogP contribution in [0.4, 0.5) is 0 Å². The van der Waals surface area contributed by atoms with Gasteiger partial charge in [-0.1, -0.05) is 0 Å². The van der Waals surface area contributed by atoms with Crippen molar-refractivity contribution in [3.63, 3.8) is 0 Å². The maximum absolute atomic E-state index is 10.8. The summed E-state index contributed by atoms with van der Waals surface area (Å²) in [4.78, 5) is 21.8. The standard InChI is InChI=1S/C12H16N2O6S/c13-6(11(17)18)1-5-2-8(15)10(16)9(3-5)21-4-7(14)12(19)20/h2-3,6-7,15-16H,1,4,13-14H2,(H,17,18)(H,19,20)/p+2. The van der Waals surface area contributed by atoms with Crippen molar-refractivity contribution in [1.82, 2.24) is 0 Å². The van der Waals surface area contributed by atoms with E-state index in [1.807, 2.05) is 0 Å². The van der Waals surface area contributed by atoms with E-state index in [9.17, 15) is 19.8 Å². The number of aliphatic carboxylic acids is 2. The molecule has 0 aromatic heterocycles. The number of phenolic OH excluding ortho intramolecular Hbond substituents is 2. The predicted octanol–water partition coefficient (Wildman–Crippen LogP) is -1.88. The van der Waals surface area contributed by atoms with Gasteiger partial charge in [0, 0.05) is 6.42 Å². The number of aromatic hydroxyl groups is 2. The molecule has 0 fully saturated rings. The van der Waals surface area contributed by atoms with Gasteiger partial charge in [0.1, 0.15) is 0 Å². The zero-order valence-electron chi connectivity index (χ0n) is 11.2. The molecule has 0 aliphatic heterocycles. The van der Waals surface area contributed by atoms with Crippen molar-refractivity contribution in [2.45, 2.75) is 23.4 Å². The highest BCUT2D eigenvalue weighted by atomic mass is 32.2. The highest BCUT2D eigenvalue weighted by Crippen LogP contribution is 2.37. The van der Waals surface area contributed by atoms with E-state index in [0.29, 0.717) is 5.56 Å². The number of thioether (sulfide) groups is 1. The lowest BCUT2D eigenvalue weighted by Gasteiger charge is -2.11. The zero-order chi connectivity index (χ0) is 16.2. The van der Waals surface area contributed by atoms with Crippen LogP contribution in [0.15, 0.2) is 17.0 Å². The highest BCUT2D eigenvalue weighted by Gasteiger charge is 2.21. The third-order valence-corrected chi connectivity index (χ3v) is 3.93. The minimum Gasteiger partial charge on any atom is -0.504 e. The fraction of sp³-hybridized carbons (Fsp3) is 0.333. The molecule has 0 bridgehead atoms. The molecule has 9 heteroatoms. The molecule has 8 nitrogen and oxygen atoms in total. The molecular weight excluding hydrogens is 300 g/mol. The maximum Gasteiger partial charge on any atom is 0.363 e. The second-order valence-corrected chi connectivity index (χ2v) is 5.61. The molecule has 0 saturated heterocycles. The van der Waals surface area contributed by atoms with Crippen molar-refractivity contribution in [2.24, 2.45) is 0 Å². The molecule has 0 heterocycles. The molecule has 0 radical (unpaired) electrons. The molecule has 116 valence electrons. The Hall–Kier alpha value is -1.97. The van der Waals surface area contributed by atoms with Crippen molar-refractivity contribution in [3.05, 3.63) is 17.7 Å². The van der Waals surface area contributed by atoms with Crippen molar-refractivity contribution in [1.29, 1.82) is 0 Å². The molecule has 0 saturated carbocycles. The summed E-state index contributed by atoms with van der Waals surface area (Å²) in [6.45, 7) is 0. The molecule has 2 unspecified atom stereocenters. The summed E-state index contributed by atoms with van der Waals surface area (Å²) >= 11 is 1.03. The Morgan fingerprint density at radius 3 is 2.19 bits per heavy atom. The van der Waals surface area contributed by atoms with Gasteiger partial charge in [-0.3, -0.25) is 0 Å². The Morgan fingerprint density at radius 2 is 1.67 bits per heavy atom. The van der Waals surface area contributed by atoms with E-state index >= 15 is 0 Å². The van der Waals surface area contributed by atoms with Crippen LogP contribution in [0.2, 0.25) is 0 Å². The highest BCUT2D eigenvalue weighted by molar-refractivity contribution is 7.99. The average molecular weight is 318 g/mol. The summed E-state index contributed by atoms with van der Waals surface area (Å²) in [5, 5.41) is 37.0. The van der Waals surface area contributed by atoms with Crippen LogP contribution >= 0.6 is 11.8 Å². The maximum atomic E-state index is 10.8. The number of hydrogen-bond donors (Lipinski definition) is 6. The number of quaternary nitrogens is 2. The number of carboxylic acid groups (broad SMARTS) is 2. The third-order valence-electron chi connectivity index (χ3n) is 2.74. The van der Waals surface area contributed by atoms with Gasteiger partial charge in [0.25, 0.3) is 0 Å². The van der Waals surface area contributed by atoms with E-state index in [4.69, 9.17) is 10.2 Å². The Balaban J connectivity index is 2.90. The lowest BCUT2D eigenvalue weighted by atomic mass is 10.1. The van der Waals surface area contributed by atoms with Crippen molar-refractivity contribution in [3.8, 4) is 11.5 Å². The first-order valence-corrected chi connectivity index (χ1v) is 7.00. The van der Waals surface area contributed by atoms with Gasteiger partial charge in [-0.15, -0.1) is 11.8 Å². The van der Waals surface area contributed by atoms with Gasteiger partial charge < -0.3 is 31.9 Å². The van der Waals surface area contributed by atoms with Crippen LogP contribution in [0.25, 0.3) is 0 Å². The van der Waals surface area contributed by atoms with Crippen LogP contribution in [0, 0.1) is 0 Å². The van der Waals surface area contributed by atoms with Crippen molar-refractivity contribution in [2.75, 3.05) is 5.75 Å². The molecule has 0 aliphatic carbocycles. The van der Waals surface area contributed by atoms with E-state index in [2.05, 4.69) is 11.5 Å². The van der Waals surface area contributed by atoms with Gasteiger partial charge in [0.2, 0.25) is 0 Å². The summed E-state index contributed by atoms with van der Waals surface area (Å²) < 4.78 is 0. The quantitative estimate of drug-likeness (QED) is 0.252. The number of phenols is 2. The number of benzene rings is 1. The van der Waals surface area contributed by atoms with Gasteiger partial charge >= 0.3 is 11.9 Å². The summed E-state index contributed by atoms with van der Waals surface area (Å²) in [7, 11) is 0. The zero-order valence-corrected chi connectivity index (χ0v) is 12.0. The average Bonchev–Trinajstić information content (AvgIpc) is 2.40. The summed E-state index contributed by atoms with van der Waals surface area (Å²) in [6.07, 6.45) is 0.0868. The second-order valence-electron chi connectivity index (χ2n) is 4.55. The Labute approximate surface area is 124 Å². The molecule has 1 aromatic carbocycles. The molecular formula is C12H18N2O6S+2. The normalized spacial score (nSPS) is 13.6. The van der Waals surface area contributed by atoms with Crippen LogP contribution in [0.3, 0.4) is 0 Å². The second kappa shape index (κ2) is 7.16. The van der Waals surface area contributed by atoms with E-state index in [0.717, 1.165) is 11.8 Å². The minimum absolute atomic E-state index is 0.0868. The topological polar surface area (TPSA) is 170 Å². The number of carbonyl (C=O) groups is 2. The molecule has 21 heavy (non-hydrogen) atoms. The van der Waals surface area contributed by atoms with Crippen LogP contribution in [0.5, 0.6) is 11.5 Å². The van der Waals surface area contributed by atoms with E-state index in [1.54, 1.807) is 0 Å². The summed E-state index contributed by atoms with van der Waals surface area (Å²) in [5.74, 6) is -2.77. The smallest absolute Gasteiger partial charge is 0.363 e. The van der Waals surface area contributed by atoms with Gasteiger partial charge in [-0.05, 0) is 17.7 Å². The summed E-state index contributed by atoms with van der Waals surface area (Å²) in [5.41, 5.74) is 7.41. The van der Waals surface area contributed by atoms with Gasteiger partial charge in [-0.25, -0.2) is 9.59 Å². The third kappa shape index (κ3) is 4.81. The first-order valence-electron chi connectivity index (χ1n) is 6.01. The van der Waals surface area contributed by atoms with Crippen LogP contribution in [0.1, 0.15) is 5.56 Å². The van der Waals surface area contributed by atoms with E-state index in [-0.39, 0.29) is 28.6 Å². The van der Waals surface area contributed by atoms with E-state index < -0.39 is 24.0 Å². The number of carboxylic acids is 2. The largest absolute Gasteiger partial charge is 0.504 e. The lowest BCUT2D eigenvalue weighted by Crippen LogP contribution is -2.66. The van der Waals surface area contributed by atoms with Gasteiger partial charge in [-0.2, -0.15) is 0 Å². The molecule has 0 spiro atoms. The van der Waals surface area contributed by atoms with E-state index in [1.165, 1.54) is 12.1 Å². The molecule has 10 N–H and O–H groups in total. The first kappa shape index (κ1) is 17.1. The Bertz CT molecular complexity index is 551. The molecule has 1 rings (SSSR count). The first-order chi connectivity index (χ1) is 9.72. The molecule has 0 aliphatic rings. The van der Waals surface area contributed by atoms with Crippen LogP contribution in [-0.2, 0) is 16.0 Å². The summed E-state index contributed by atoms with van der Waals surface area (Å²) in [6, 6.07) is 1.03. The van der Waals surface area contributed by atoms with Crippen molar-refractivity contribution < 1.29 is 41.5 Å². The van der Waals surface area contributed by atoms with Gasteiger partial charge in [0.05, 0.1) is 10.6 Å². The fourth-order valence-electron chi connectivity index (χ4n) is 1.51. The lowest BCUT2D eigenvalue weighted by molar-refractivity contribution is -0.407. The SMILES string of the molecule is [NH3+]C(CSc1cc(CC([NH3+])C(=O)O)cc(O)c1O)C(=O)O. The van der Waals surface area contributed by atoms with Gasteiger partial charge in [0.15, 0.2) is 23.6 Å². The predicted molar refractivity (Wildman–Crippen MR) is 72.8 cm³/mol. The Kier molecular flexibility index (Phi) is 5.82.